The van der Waals surface area contributed by atoms with Crippen LogP contribution in [0, 0.1) is 17.3 Å². The first-order valence-electron chi connectivity index (χ1n) is 8.15. The van der Waals surface area contributed by atoms with E-state index in [4.69, 9.17) is 14.2 Å². The van der Waals surface area contributed by atoms with Crippen molar-refractivity contribution in [1.82, 2.24) is 5.48 Å². The molecule has 1 rings (SSSR count). The van der Waals surface area contributed by atoms with Crippen molar-refractivity contribution in [2.45, 2.75) is 33.5 Å². The van der Waals surface area contributed by atoms with Crippen LogP contribution in [0.25, 0.3) is 0 Å². The highest BCUT2D eigenvalue weighted by Gasteiger charge is 2.29. The van der Waals surface area contributed by atoms with Gasteiger partial charge in [0.2, 0.25) is 5.79 Å². The van der Waals surface area contributed by atoms with E-state index in [1.807, 2.05) is 26.3 Å². The summed E-state index contributed by atoms with van der Waals surface area (Å²) in [4.78, 5) is 12.7. The summed E-state index contributed by atoms with van der Waals surface area (Å²) in [5.74, 6) is 4.75. The van der Waals surface area contributed by atoms with Crippen molar-refractivity contribution in [1.29, 1.82) is 0 Å². The Balaban J connectivity index is 3.06. The fourth-order valence-corrected chi connectivity index (χ4v) is 1.99. The van der Waals surface area contributed by atoms with Crippen LogP contribution in [-0.2, 0) is 9.47 Å². The van der Waals surface area contributed by atoms with Crippen molar-refractivity contribution in [2.24, 2.45) is 5.41 Å². The third-order valence-corrected chi connectivity index (χ3v) is 3.58. The van der Waals surface area contributed by atoms with Gasteiger partial charge in [-0.25, -0.2) is 0 Å². The fraction of sp³-hybridized carbons (Fsp3) is 0.450. The Kier molecular flexibility index (Phi) is 7.84. The fourth-order valence-electron chi connectivity index (χ4n) is 1.99. The van der Waals surface area contributed by atoms with E-state index in [9.17, 15) is 10.0 Å². The third-order valence-electron chi connectivity index (χ3n) is 3.58. The lowest BCUT2D eigenvalue weighted by molar-refractivity contribution is -0.174. The highest BCUT2D eigenvalue weighted by atomic mass is 16.7. The monoisotopic (exact) mass is 361 g/mol. The molecular formula is C20H27NO5. The van der Waals surface area contributed by atoms with Gasteiger partial charge in [0.1, 0.15) is 18.1 Å². The van der Waals surface area contributed by atoms with Gasteiger partial charge in [-0.1, -0.05) is 24.0 Å². The average molecular weight is 361 g/mol. The molecule has 6 heteroatoms. The minimum atomic E-state index is -1.29. The van der Waals surface area contributed by atoms with E-state index in [1.165, 1.54) is 20.3 Å². The van der Waals surface area contributed by atoms with Crippen molar-refractivity contribution in [3.05, 3.63) is 41.6 Å². The van der Waals surface area contributed by atoms with Gasteiger partial charge in [0, 0.05) is 25.7 Å². The maximum absolute atomic E-state index is 12.7. The lowest BCUT2D eigenvalue weighted by Crippen LogP contribution is -2.38. The average Bonchev–Trinajstić information content (AvgIpc) is 2.62. The maximum atomic E-state index is 12.7. The molecule has 0 amide bonds. The quantitative estimate of drug-likeness (QED) is 0.243. The minimum absolute atomic E-state index is 0.0647. The number of carbonyl (C=O) groups is 1. The second-order valence-corrected chi connectivity index (χ2v) is 6.72. The summed E-state index contributed by atoms with van der Waals surface area (Å²) < 4.78 is 16.0. The number of hydrogen-bond acceptors (Lipinski definition) is 6. The zero-order valence-corrected chi connectivity index (χ0v) is 16.2. The highest BCUT2D eigenvalue weighted by molar-refractivity contribution is 6.07. The molecule has 0 aromatic heterocycles. The normalized spacial score (nSPS) is 12.2. The van der Waals surface area contributed by atoms with E-state index in [0.29, 0.717) is 11.3 Å². The number of para-hydroxylation sites is 1. The largest absolute Gasteiger partial charge is 0.480 e. The summed E-state index contributed by atoms with van der Waals surface area (Å²) in [7, 11) is 2.81. The Morgan fingerprint density at radius 1 is 1.19 bits per heavy atom. The molecule has 0 spiro atoms. The van der Waals surface area contributed by atoms with E-state index in [2.05, 4.69) is 11.8 Å². The van der Waals surface area contributed by atoms with Crippen molar-refractivity contribution in [3.63, 3.8) is 0 Å². The number of hydrogen-bond donors (Lipinski definition) is 2. The number of allylic oxidation sites excluding steroid dienone is 1. The van der Waals surface area contributed by atoms with E-state index in [1.54, 1.807) is 31.2 Å². The smallest absolute Gasteiger partial charge is 0.208 e. The molecule has 0 atom stereocenters. The van der Waals surface area contributed by atoms with Gasteiger partial charge in [0.05, 0.1) is 5.56 Å². The van der Waals surface area contributed by atoms with Gasteiger partial charge in [0.25, 0.3) is 0 Å². The molecule has 0 aliphatic heterocycles. The van der Waals surface area contributed by atoms with Crippen molar-refractivity contribution >= 4 is 5.78 Å². The number of rotatable bonds is 8. The molecule has 0 aliphatic carbocycles. The molecule has 0 fully saturated rings. The SMILES string of the molecule is COC(C)(OC)C(=CC(=O)c1ccccc1OCC#CC(C)(C)C)NO. The van der Waals surface area contributed by atoms with Crippen LogP contribution in [0.15, 0.2) is 36.0 Å². The van der Waals surface area contributed by atoms with Crippen LogP contribution in [-0.4, -0.2) is 37.6 Å². The third kappa shape index (κ3) is 6.19. The Morgan fingerprint density at radius 2 is 1.81 bits per heavy atom. The number of carbonyl (C=O) groups excluding carboxylic acids is 1. The predicted octanol–water partition coefficient (Wildman–Crippen LogP) is 3.17. The summed E-state index contributed by atoms with van der Waals surface area (Å²) in [6.07, 6.45) is 1.20. The number of ketones is 1. The molecule has 1 aromatic carbocycles. The molecule has 26 heavy (non-hydrogen) atoms. The number of hydroxylamine groups is 1. The number of nitrogens with one attached hydrogen (secondary N) is 1. The second kappa shape index (κ2) is 9.39. The highest BCUT2D eigenvalue weighted by Crippen LogP contribution is 2.23. The van der Waals surface area contributed by atoms with Gasteiger partial charge in [-0.2, -0.15) is 0 Å². The topological polar surface area (TPSA) is 77.0 Å². The first-order valence-corrected chi connectivity index (χ1v) is 8.15. The number of ether oxygens (including phenoxy) is 3. The van der Waals surface area contributed by atoms with Crippen LogP contribution in [0.5, 0.6) is 5.75 Å². The van der Waals surface area contributed by atoms with Crippen LogP contribution in [0.3, 0.4) is 0 Å². The maximum Gasteiger partial charge on any atom is 0.208 e. The zero-order chi connectivity index (χ0) is 19.8. The Morgan fingerprint density at radius 3 is 2.35 bits per heavy atom. The van der Waals surface area contributed by atoms with E-state index >= 15 is 0 Å². The van der Waals surface area contributed by atoms with Gasteiger partial charge in [-0.05, 0) is 39.8 Å². The first-order chi connectivity index (χ1) is 12.2. The molecule has 142 valence electrons. The Bertz CT molecular complexity index is 703. The van der Waals surface area contributed by atoms with Gasteiger partial charge < -0.3 is 14.2 Å². The van der Waals surface area contributed by atoms with Gasteiger partial charge in [-0.15, -0.1) is 0 Å². The van der Waals surface area contributed by atoms with Crippen molar-refractivity contribution < 1.29 is 24.2 Å². The molecule has 0 radical (unpaired) electrons. The van der Waals surface area contributed by atoms with E-state index < -0.39 is 5.79 Å². The van der Waals surface area contributed by atoms with Gasteiger partial charge >= 0.3 is 0 Å². The summed E-state index contributed by atoms with van der Waals surface area (Å²) in [5.41, 5.74) is 2.25. The molecule has 1 aromatic rings. The summed E-state index contributed by atoms with van der Waals surface area (Å²) in [6, 6.07) is 6.83. The predicted molar refractivity (Wildman–Crippen MR) is 98.9 cm³/mol. The molecule has 0 bridgehead atoms. The molecule has 0 saturated heterocycles. The molecule has 0 aliphatic rings. The molecule has 2 N–H and O–H groups in total. The Hall–Kier alpha value is -2.33. The zero-order valence-electron chi connectivity index (χ0n) is 16.2. The lowest BCUT2D eigenvalue weighted by Gasteiger charge is -2.28. The standard InChI is InChI=1S/C20H27NO5/c1-19(2,3)12-9-13-26-17-11-8-7-10-15(17)16(22)14-18(21-23)20(4,24-5)25-6/h7-8,10-11,14,21,23H,13H2,1-6H3. The van der Waals surface area contributed by atoms with Crippen LogP contribution < -0.4 is 10.2 Å². The van der Waals surface area contributed by atoms with Gasteiger partial charge in [0.15, 0.2) is 5.78 Å². The molecule has 0 saturated carbocycles. The summed E-state index contributed by atoms with van der Waals surface area (Å²) in [6.45, 7) is 7.76. The molecule has 0 heterocycles. The van der Waals surface area contributed by atoms with Crippen LogP contribution in [0.1, 0.15) is 38.1 Å². The molecular weight excluding hydrogens is 334 g/mol. The number of benzene rings is 1. The van der Waals surface area contributed by atoms with Crippen LogP contribution in [0.4, 0.5) is 0 Å². The minimum Gasteiger partial charge on any atom is -0.480 e. The number of methoxy groups -OCH3 is 2. The van der Waals surface area contributed by atoms with E-state index in [-0.39, 0.29) is 23.5 Å². The first kappa shape index (κ1) is 21.7. The van der Waals surface area contributed by atoms with Crippen molar-refractivity contribution in [2.75, 3.05) is 20.8 Å². The summed E-state index contributed by atoms with van der Waals surface area (Å²) in [5, 5.41) is 9.36. The second-order valence-electron chi connectivity index (χ2n) is 6.72. The van der Waals surface area contributed by atoms with E-state index in [0.717, 1.165) is 0 Å². The molecule has 6 nitrogen and oxygen atoms in total. The lowest BCUT2D eigenvalue weighted by atomic mass is 9.98. The van der Waals surface area contributed by atoms with Crippen LogP contribution in [0.2, 0.25) is 0 Å². The van der Waals surface area contributed by atoms with Crippen molar-refractivity contribution in [3.8, 4) is 17.6 Å². The summed E-state index contributed by atoms with van der Waals surface area (Å²) >= 11 is 0. The van der Waals surface area contributed by atoms with Crippen LogP contribution >= 0.6 is 0 Å². The van der Waals surface area contributed by atoms with Gasteiger partial charge in [-0.3, -0.25) is 15.5 Å². The Labute approximate surface area is 155 Å². The molecule has 0 unspecified atom stereocenters.